The van der Waals surface area contributed by atoms with Gasteiger partial charge in [0.05, 0.1) is 18.3 Å². The van der Waals surface area contributed by atoms with Crippen LogP contribution in [0, 0.1) is 0 Å². The third-order valence-electron chi connectivity index (χ3n) is 1.31. The van der Waals surface area contributed by atoms with Crippen LogP contribution in [0.1, 0.15) is 13.0 Å². The predicted molar refractivity (Wildman–Crippen MR) is 31.9 cm³/mol. The number of aliphatic carboxylic acids is 1. The van der Waals surface area contributed by atoms with Gasteiger partial charge in [-0.2, -0.15) is 0 Å². The molecule has 1 aromatic rings. The van der Waals surface area contributed by atoms with E-state index in [1.807, 2.05) is 0 Å². The second-order valence-electron chi connectivity index (χ2n) is 2.00. The van der Waals surface area contributed by atoms with Gasteiger partial charge in [-0.3, -0.25) is 0 Å². The van der Waals surface area contributed by atoms with Gasteiger partial charge in [0.25, 0.3) is 0 Å². The van der Waals surface area contributed by atoms with Gasteiger partial charge in [-0.25, -0.2) is 4.98 Å². The van der Waals surface area contributed by atoms with Crippen molar-refractivity contribution in [3.8, 4) is 0 Å². The molecule has 54 valence electrons. The maximum atomic E-state index is 10.2. The quantitative estimate of drug-likeness (QED) is 0.419. The molecular weight excluding hydrogens is 155 g/mol. The Morgan fingerprint density at radius 1 is 1.73 bits per heavy atom. The summed E-state index contributed by atoms with van der Waals surface area (Å²) in [6.07, 6.45) is 4.56. The number of aromatic nitrogens is 2. The van der Waals surface area contributed by atoms with Crippen LogP contribution in [-0.4, -0.2) is 15.5 Å². The molecule has 0 aromatic carbocycles. The first-order valence-corrected chi connectivity index (χ1v) is 2.90. The van der Waals surface area contributed by atoms with Gasteiger partial charge in [-0.05, 0) is 6.92 Å². The number of carboxylic acids is 1. The third kappa shape index (κ3) is 2.65. The molecule has 0 spiro atoms. The average molecular weight is 162 g/mol. The van der Waals surface area contributed by atoms with Crippen molar-refractivity contribution < 1.29 is 39.5 Å². The first-order valence-electron chi connectivity index (χ1n) is 2.90. The largest absolute Gasteiger partial charge is 1.00 e. The molecule has 1 heterocycles. The van der Waals surface area contributed by atoms with Crippen molar-refractivity contribution in [2.75, 3.05) is 0 Å². The summed E-state index contributed by atoms with van der Waals surface area (Å²) in [5.74, 6) is -1.10. The van der Waals surface area contributed by atoms with E-state index in [-0.39, 0.29) is 29.6 Å². The molecule has 0 saturated heterocycles. The number of rotatable bonds is 2. The van der Waals surface area contributed by atoms with Crippen LogP contribution in [0.3, 0.4) is 0 Å². The van der Waals surface area contributed by atoms with Gasteiger partial charge < -0.3 is 14.5 Å². The van der Waals surface area contributed by atoms with Crippen LogP contribution >= 0.6 is 0 Å². The Morgan fingerprint density at radius 3 is 2.73 bits per heavy atom. The van der Waals surface area contributed by atoms with Crippen molar-refractivity contribution in [3.05, 3.63) is 18.7 Å². The van der Waals surface area contributed by atoms with E-state index in [1.165, 1.54) is 24.0 Å². The summed E-state index contributed by atoms with van der Waals surface area (Å²) in [6, 6.07) is -0.637. The van der Waals surface area contributed by atoms with Gasteiger partial charge in [-0.15, -0.1) is 0 Å². The van der Waals surface area contributed by atoms with E-state index in [0.717, 1.165) is 0 Å². The van der Waals surface area contributed by atoms with Crippen LogP contribution in [0.2, 0.25) is 0 Å². The second kappa shape index (κ2) is 4.54. The molecule has 4 nitrogen and oxygen atoms in total. The predicted octanol–water partition coefficient (Wildman–Crippen LogP) is -3.80. The minimum Gasteiger partial charge on any atom is -0.548 e. The molecule has 0 radical (unpaired) electrons. The molecular formula is C6H7N2NaO2. The fraction of sp³-hybridized carbons (Fsp3) is 0.333. The molecule has 0 aliphatic heterocycles. The van der Waals surface area contributed by atoms with Gasteiger partial charge in [0.15, 0.2) is 0 Å². The number of imidazole rings is 1. The van der Waals surface area contributed by atoms with E-state index < -0.39 is 12.0 Å². The van der Waals surface area contributed by atoms with Gasteiger partial charge in [-0.1, -0.05) is 0 Å². The molecule has 0 saturated carbocycles. The Hall–Kier alpha value is -0.320. The Morgan fingerprint density at radius 2 is 2.36 bits per heavy atom. The number of nitrogens with zero attached hydrogens (tertiary/aromatic N) is 2. The standard InChI is InChI=1S/C6H8N2O2.Na/c1-5(6(9)10)8-3-2-7-4-8;/h2-5H,1H3,(H,9,10);/q;+1/p-1/t5-;/m0./s1. The van der Waals surface area contributed by atoms with Crippen LogP contribution in [-0.2, 0) is 4.79 Å². The number of carbonyl (C=O) groups is 1. The molecule has 5 heteroatoms. The number of carbonyl (C=O) groups excluding carboxylic acids is 1. The fourth-order valence-electron chi connectivity index (χ4n) is 0.620. The smallest absolute Gasteiger partial charge is 0.548 e. The molecule has 1 atom stereocenters. The number of hydrogen-bond donors (Lipinski definition) is 0. The molecule has 0 aliphatic rings. The minimum absolute atomic E-state index is 0. The van der Waals surface area contributed by atoms with Crippen molar-refractivity contribution in [1.82, 2.24) is 9.55 Å². The van der Waals surface area contributed by atoms with Crippen molar-refractivity contribution >= 4 is 5.97 Å². The van der Waals surface area contributed by atoms with Crippen LogP contribution in [0.25, 0.3) is 0 Å². The monoisotopic (exact) mass is 162 g/mol. The van der Waals surface area contributed by atoms with Gasteiger partial charge in [0.1, 0.15) is 0 Å². The van der Waals surface area contributed by atoms with E-state index in [9.17, 15) is 9.90 Å². The molecule has 0 amide bonds. The summed E-state index contributed by atoms with van der Waals surface area (Å²) in [7, 11) is 0. The van der Waals surface area contributed by atoms with Crippen LogP contribution in [0.5, 0.6) is 0 Å². The zero-order valence-corrected chi connectivity index (χ0v) is 8.52. The van der Waals surface area contributed by atoms with E-state index in [4.69, 9.17) is 0 Å². The van der Waals surface area contributed by atoms with Crippen molar-refractivity contribution in [1.29, 1.82) is 0 Å². The molecule has 1 rings (SSSR count). The summed E-state index contributed by atoms with van der Waals surface area (Å²) in [6.45, 7) is 1.54. The summed E-state index contributed by atoms with van der Waals surface area (Å²) < 4.78 is 1.47. The number of carboxylic acid groups (broad SMARTS) is 1. The Labute approximate surface area is 86.5 Å². The normalized spacial score (nSPS) is 11.7. The summed E-state index contributed by atoms with van der Waals surface area (Å²) in [4.78, 5) is 13.9. The van der Waals surface area contributed by atoms with Crippen molar-refractivity contribution in [2.45, 2.75) is 13.0 Å². The summed E-state index contributed by atoms with van der Waals surface area (Å²) in [5, 5.41) is 10.2. The average Bonchev–Trinajstić information content (AvgIpc) is 2.36. The SMILES string of the molecule is C[C@@H](C(=O)[O-])n1ccnc1.[Na+]. The molecule has 0 bridgehead atoms. The molecule has 0 N–H and O–H groups in total. The summed E-state index contributed by atoms with van der Waals surface area (Å²) in [5.41, 5.74) is 0. The molecule has 0 unspecified atom stereocenters. The van der Waals surface area contributed by atoms with Crippen LogP contribution in [0.4, 0.5) is 0 Å². The van der Waals surface area contributed by atoms with Gasteiger partial charge >= 0.3 is 29.6 Å². The topological polar surface area (TPSA) is 57.9 Å². The van der Waals surface area contributed by atoms with Crippen LogP contribution < -0.4 is 34.7 Å². The van der Waals surface area contributed by atoms with Crippen LogP contribution in [0.15, 0.2) is 18.7 Å². The van der Waals surface area contributed by atoms with Gasteiger partial charge in [0, 0.05) is 12.4 Å². The molecule has 1 aromatic heterocycles. The number of hydrogen-bond acceptors (Lipinski definition) is 3. The zero-order chi connectivity index (χ0) is 7.56. The Bertz CT molecular complexity index is 222. The third-order valence-corrected chi connectivity index (χ3v) is 1.31. The Balaban J connectivity index is 0.000001000. The van der Waals surface area contributed by atoms with Gasteiger partial charge in [0.2, 0.25) is 0 Å². The molecule has 11 heavy (non-hydrogen) atoms. The Kier molecular flexibility index (Phi) is 4.40. The summed E-state index contributed by atoms with van der Waals surface area (Å²) >= 11 is 0. The first kappa shape index (κ1) is 10.7. The zero-order valence-electron chi connectivity index (χ0n) is 6.52. The van der Waals surface area contributed by atoms with Crippen molar-refractivity contribution in [2.24, 2.45) is 0 Å². The van der Waals surface area contributed by atoms with E-state index in [1.54, 1.807) is 6.20 Å². The molecule has 0 aliphatic carbocycles. The van der Waals surface area contributed by atoms with E-state index >= 15 is 0 Å². The maximum absolute atomic E-state index is 10.2. The maximum Gasteiger partial charge on any atom is 1.00 e. The molecule has 0 fully saturated rings. The first-order chi connectivity index (χ1) is 4.72. The van der Waals surface area contributed by atoms with E-state index in [0.29, 0.717) is 0 Å². The fourth-order valence-corrected chi connectivity index (χ4v) is 0.620. The second-order valence-corrected chi connectivity index (χ2v) is 2.00. The van der Waals surface area contributed by atoms with E-state index in [2.05, 4.69) is 4.98 Å². The minimum atomic E-state index is -1.10. The van der Waals surface area contributed by atoms with Crippen molar-refractivity contribution in [3.63, 3.8) is 0 Å².